The maximum Gasteiger partial charge on any atom is 0.502 e. The van der Waals surface area contributed by atoms with E-state index in [0.29, 0.717) is 18.9 Å². The van der Waals surface area contributed by atoms with Crippen molar-refractivity contribution in [3.8, 4) is 0 Å². The first-order chi connectivity index (χ1) is 8.99. The molecule has 19 heavy (non-hydrogen) atoms. The molecule has 1 saturated heterocycles. The van der Waals surface area contributed by atoms with Gasteiger partial charge in [0.25, 0.3) is 0 Å². The van der Waals surface area contributed by atoms with Gasteiger partial charge in [0.2, 0.25) is 0 Å². The molecule has 1 rings (SSSR count). The fourth-order valence-electron chi connectivity index (χ4n) is 2.64. The van der Waals surface area contributed by atoms with Gasteiger partial charge in [-0.3, -0.25) is 4.79 Å². The van der Waals surface area contributed by atoms with Crippen molar-refractivity contribution in [3.63, 3.8) is 0 Å². The summed E-state index contributed by atoms with van der Waals surface area (Å²) in [6.45, 7) is 1.94. The van der Waals surface area contributed by atoms with Gasteiger partial charge >= 0.3 is 14.8 Å². The minimum atomic E-state index is -2.81. The number of hydrogen-bond donors (Lipinski definition) is 1. The van der Waals surface area contributed by atoms with Crippen molar-refractivity contribution in [3.05, 3.63) is 0 Å². The first-order valence-electron chi connectivity index (χ1n) is 6.57. The topological polar surface area (TPSA) is 74.2 Å². The normalized spacial score (nSPS) is 28.0. The Morgan fingerprint density at radius 1 is 1.42 bits per heavy atom. The molecular weight excluding hydrogens is 268 g/mol. The van der Waals surface area contributed by atoms with Gasteiger partial charge in [0.15, 0.2) is 5.79 Å². The summed E-state index contributed by atoms with van der Waals surface area (Å²) in [6, 6.07) is 0.684. The lowest BCUT2D eigenvalue weighted by atomic mass is 9.90. The monoisotopic (exact) mass is 292 g/mol. The second-order valence-corrected chi connectivity index (χ2v) is 7.63. The molecule has 0 aromatic carbocycles. The van der Waals surface area contributed by atoms with E-state index in [1.54, 1.807) is 0 Å². The van der Waals surface area contributed by atoms with E-state index in [1.165, 1.54) is 21.3 Å². The second kappa shape index (κ2) is 6.80. The zero-order chi connectivity index (χ0) is 14.5. The minimum Gasteiger partial charge on any atom is -0.481 e. The lowest BCUT2D eigenvalue weighted by Crippen LogP contribution is -2.60. The molecule has 0 amide bonds. The quantitative estimate of drug-likeness (QED) is 0.722. The number of carboxylic acids is 1. The number of carboxylic acid groups (broad SMARTS) is 1. The van der Waals surface area contributed by atoms with E-state index >= 15 is 0 Å². The molecule has 0 aromatic rings. The summed E-state index contributed by atoms with van der Waals surface area (Å²) in [6.07, 6.45) is 2.57. The van der Waals surface area contributed by atoms with Crippen molar-refractivity contribution in [2.45, 2.75) is 44.4 Å². The lowest BCUT2D eigenvalue weighted by Gasteiger charge is -2.46. The molecule has 0 spiro atoms. The van der Waals surface area contributed by atoms with Crippen LogP contribution >= 0.6 is 0 Å². The third-order valence-corrected chi connectivity index (χ3v) is 6.58. The van der Waals surface area contributed by atoms with Crippen LogP contribution in [0.15, 0.2) is 0 Å². The van der Waals surface area contributed by atoms with Crippen LogP contribution in [-0.4, -0.2) is 47.0 Å². The van der Waals surface area contributed by atoms with Crippen LogP contribution in [0.3, 0.4) is 0 Å². The molecule has 2 atom stereocenters. The van der Waals surface area contributed by atoms with E-state index in [9.17, 15) is 9.90 Å². The Labute approximate surface area is 115 Å². The number of ether oxygens (including phenoxy) is 1. The van der Waals surface area contributed by atoms with Crippen LogP contribution in [0, 0.1) is 5.92 Å². The van der Waals surface area contributed by atoms with E-state index < -0.39 is 26.5 Å². The Bertz CT molecular complexity index is 307. The predicted octanol–water partition coefficient (Wildman–Crippen LogP) is 1.87. The largest absolute Gasteiger partial charge is 0.502 e. The van der Waals surface area contributed by atoms with Crippen molar-refractivity contribution < 1.29 is 27.9 Å². The van der Waals surface area contributed by atoms with Crippen LogP contribution in [0.2, 0.25) is 6.04 Å². The van der Waals surface area contributed by atoms with E-state index in [2.05, 4.69) is 0 Å². The van der Waals surface area contributed by atoms with Crippen LogP contribution in [0.4, 0.5) is 0 Å². The summed E-state index contributed by atoms with van der Waals surface area (Å²) in [5.74, 6) is -2.75. The zero-order valence-corrected chi connectivity index (χ0v) is 13.1. The smallest absolute Gasteiger partial charge is 0.481 e. The zero-order valence-electron chi connectivity index (χ0n) is 12.1. The minimum absolute atomic E-state index is 0.501. The highest BCUT2D eigenvalue weighted by Gasteiger charge is 2.56. The van der Waals surface area contributed by atoms with Gasteiger partial charge < -0.3 is 23.1 Å². The lowest BCUT2D eigenvalue weighted by molar-refractivity contribution is -0.241. The third kappa shape index (κ3) is 3.35. The summed E-state index contributed by atoms with van der Waals surface area (Å²) >= 11 is 0. The molecule has 6 nitrogen and oxygen atoms in total. The average Bonchev–Trinajstić information content (AvgIpc) is 2.44. The van der Waals surface area contributed by atoms with Gasteiger partial charge in [-0.1, -0.05) is 13.3 Å². The first kappa shape index (κ1) is 16.6. The SMILES string of the molecule is CCCC(C(=O)O)C1(OC)CCC[Si](OC)(OC)O1. The molecule has 2 unspecified atom stereocenters. The van der Waals surface area contributed by atoms with Gasteiger partial charge in [-0.25, -0.2) is 0 Å². The molecule has 0 radical (unpaired) electrons. The fraction of sp³-hybridized carbons (Fsp3) is 0.917. The fourth-order valence-corrected chi connectivity index (χ4v) is 4.95. The van der Waals surface area contributed by atoms with E-state index in [-0.39, 0.29) is 0 Å². The van der Waals surface area contributed by atoms with Gasteiger partial charge in [0.1, 0.15) is 5.92 Å². The molecule has 0 aromatic heterocycles. The van der Waals surface area contributed by atoms with Crippen LogP contribution in [0.25, 0.3) is 0 Å². The molecular formula is C12H24O6Si. The Hall–Kier alpha value is -0.473. The molecule has 112 valence electrons. The molecule has 0 saturated carbocycles. The van der Waals surface area contributed by atoms with Crippen molar-refractivity contribution in [2.24, 2.45) is 5.92 Å². The molecule has 1 heterocycles. The number of hydrogen-bond acceptors (Lipinski definition) is 5. The Morgan fingerprint density at radius 3 is 2.47 bits per heavy atom. The standard InChI is InChI=1S/C12H24O6Si/c1-5-7-10(11(13)14)12(15-2)8-6-9-19(16-3,17-4)18-12/h10H,5-9H2,1-4H3,(H,13,14). The average molecular weight is 292 g/mol. The summed E-state index contributed by atoms with van der Waals surface area (Å²) in [7, 11) is 1.75. The maximum atomic E-state index is 11.5. The van der Waals surface area contributed by atoms with E-state index in [4.69, 9.17) is 18.0 Å². The van der Waals surface area contributed by atoms with Gasteiger partial charge in [0.05, 0.1) is 0 Å². The van der Waals surface area contributed by atoms with Gasteiger partial charge in [-0.05, 0) is 12.8 Å². The first-order valence-corrected chi connectivity index (χ1v) is 8.50. The second-order valence-electron chi connectivity index (χ2n) is 4.74. The summed E-state index contributed by atoms with van der Waals surface area (Å²) < 4.78 is 22.3. The molecule has 7 heteroatoms. The molecule has 1 aliphatic rings. The molecule has 1 fully saturated rings. The van der Waals surface area contributed by atoms with E-state index in [1.807, 2.05) is 6.92 Å². The number of carbonyl (C=O) groups is 1. The number of rotatable bonds is 7. The van der Waals surface area contributed by atoms with Crippen LogP contribution in [-0.2, 0) is 22.8 Å². The number of aliphatic carboxylic acids is 1. The highest BCUT2D eigenvalue weighted by molar-refractivity contribution is 6.60. The highest BCUT2D eigenvalue weighted by atomic mass is 28.4. The molecule has 0 bridgehead atoms. The Kier molecular flexibility index (Phi) is 5.94. The van der Waals surface area contributed by atoms with Crippen LogP contribution in [0.1, 0.15) is 32.6 Å². The molecule has 1 N–H and O–H groups in total. The van der Waals surface area contributed by atoms with Gasteiger partial charge in [-0.2, -0.15) is 0 Å². The van der Waals surface area contributed by atoms with Crippen molar-refractivity contribution in [1.29, 1.82) is 0 Å². The number of methoxy groups -OCH3 is 1. The summed E-state index contributed by atoms with van der Waals surface area (Å²) in [4.78, 5) is 11.5. The summed E-state index contributed by atoms with van der Waals surface area (Å²) in [5.41, 5.74) is 0. The Morgan fingerprint density at radius 2 is 2.05 bits per heavy atom. The van der Waals surface area contributed by atoms with Crippen molar-refractivity contribution >= 4 is 14.8 Å². The molecule has 1 aliphatic heterocycles. The van der Waals surface area contributed by atoms with Crippen molar-refractivity contribution in [1.82, 2.24) is 0 Å². The predicted molar refractivity (Wildman–Crippen MR) is 70.7 cm³/mol. The van der Waals surface area contributed by atoms with Gasteiger partial charge in [0, 0.05) is 33.8 Å². The van der Waals surface area contributed by atoms with Gasteiger partial charge in [-0.15, -0.1) is 0 Å². The van der Waals surface area contributed by atoms with Crippen LogP contribution in [0.5, 0.6) is 0 Å². The van der Waals surface area contributed by atoms with E-state index in [0.717, 1.165) is 12.8 Å². The van der Waals surface area contributed by atoms with Crippen LogP contribution < -0.4 is 0 Å². The molecule has 0 aliphatic carbocycles. The highest BCUT2D eigenvalue weighted by Crippen LogP contribution is 2.41. The maximum absolute atomic E-state index is 11.5. The Balaban J connectivity index is 3.03. The summed E-state index contributed by atoms with van der Waals surface area (Å²) in [5, 5.41) is 9.44. The third-order valence-electron chi connectivity index (χ3n) is 3.71. The van der Waals surface area contributed by atoms with Crippen molar-refractivity contribution in [2.75, 3.05) is 21.3 Å².